The molecule has 0 heterocycles. The van der Waals surface area contributed by atoms with Gasteiger partial charge in [-0.1, -0.05) is 26.0 Å². The summed E-state index contributed by atoms with van der Waals surface area (Å²) in [6, 6.07) is 4.06. The molecule has 1 atom stereocenters. The monoisotopic (exact) mass is 474 g/mol. The van der Waals surface area contributed by atoms with E-state index in [1.54, 1.807) is 13.8 Å². The van der Waals surface area contributed by atoms with E-state index in [0.717, 1.165) is 18.2 Å². The second kappa shape index (κ2) is 7.38. The molecule has 0 spiro atoms. The third-order valence-electron chi connectivity index (χ3n) is 4.87. The van der Waals surface area contributed by atoms with Crippen LogP contribution in [-0.4, -0.2) is 47.0 Å². The molecule has 0 aromatic heterocycles. The van der Waals surface area contributed by atoms with Crippen molar-refractivity contribution in [3.8, 4) is 5.75 Å². The summed E-state index contributed by atoms with van der Waals surface area (Å²) >= 11 is 0. The Labute approximate surface area is 169 Å². The zero-order valence-corrected chi connectivity index (χ0v) is 15.9. The van der Waals surface area contributed by atoms with Crippen molar-refractivity contribution in [1.29, 1.82) is 0 Å². The van der Waals surface area contributed by atoms with Crippen LogP contribution in [0.15, 0.2) is 24.3 Å². The maximum absolute atomic E-state index is 14.8. The third kappa shape index (κ3) is 3.34. The molecule has 1 N–H and O–H groups in total. The highest BCUT2D eigenvalue weighted by Crippen LogP contribution is 2.70. The Morgan fingerprint density at radius 1 is 0.774 bits per heavy atom. The van der Waals surface area contributed by atoms with Gasteiger partial charge in [0.05, 0.1) is 12.7 Å². The molecule has 0 bridgehead atoms. The van der Waals surface area contributed by atoms with Gasteiger partial charge in [-0.2, -0.15) is 43.9 Å². The maximum Gasteiger partial charge on any atom is 0.384 e. The van der Waals surface area contributed by atoms with E-state index in [-0.39, 0.29) is 18.3 Å². The van der Waals surface area contributed by atoms with Crippen LogP contribution in [0.25, 0.3) is 0 Å². The van der Waals surface area contributed by atoms with Gasteiger partial charge in [-0.05, 0) is 23.6 Å². The minimum Gasteiger partial charge on any atom is -0.493 e. The van der Waals surface area contributed by atoms with Gasteiger partial charge in [0.2, 0.25) is 0 Å². The first-order chi connectivity index (χ1) is 13.8. The molecule has 2 nitrogen and oxygen atoms in total. The summed E-state index contributed by atoms with van der Waals surface area (Å²) in [6.07, 6.45) is -5.51. The van der Waals surface area contributed by atoms with Crippen molar-refractivity contribution in [2.24, 2.45) is 5.92 Å². The summed E-state index contributed by atoms with van der Waals surface area (Å²) in [5.41, 5.74) is -6.86. The van der Waals surface area contributed by atoms with E-state index in [1.807, 2.05) is 0 Å². The lowest BCUT2D eigenvalue weighted by atomic mass is 9.69. The zero-order chi connectivity index (χ0) is 24.3. The van der Waals surface area contributed by atoms with E-state index in [0.29, 0.717) is 0 Å². The molecule has 0 amide bonds. The molecule has 1 saturated carbocycles. The second-order valence-electron chi connectivity index (χ2n) is 7.67. The van der Waals surface area contributed by atoms with E-state index in [2.05, 4.69) is 0 Å². The number of aliphatic hydroxyl groups is 1. The van der Waals surface area contributed by atoms with Crippen LogP contribution < -0.4 is 4.74 Å². The van der Waals surface area contributed by atoms with E-state index < -0.39 is 53.4 Å². The van der Waals surface area contributed by atoms with E-state index >= 15 is 0 Å². The quantitative estimate of drug-likeness (QED) is 0.510. The SMILES string of the molecule is CC(C)COc1cccc(C(O)CC2(F)C(F)(F)C(F)(F)C(F)(F)C(F)(F)C2(F)F)c1. The van der Waals surface area contributed by atoms with Gasteiger partial charge < -0.3 is 9.84 Å². The predicted octanol–water partition coefficient (Wildman–Crippen LogP) is 6.04. The van der Waals surface area contributed by atoms with Gasteiger partial charge in [0.15, 0.2) is 0 Å². The molecule has 1 aliphatic rings. The predicted molar refractivity (Wildman–Crippen MR) is 84.9 cm³/mol. The number of ether oxygens (including phenoxy) is 1. The summed E-state index contributed by atoms with van der Waals surface area (Å²) in [5, 5.41) is 9.94. The highest BCUT2D eigenvalue weighted by molar-refractivity contribution is 5.32. The molecule has 0 saturated heterocycles. The maximum atomic E-state index is 14.8. The Bertz CT molecular complexity index is 777. The first kappa shape index (κ1) is 25.5. The Morgan fingerprint density at radius 2 is 1.23 bits per heavy atom. The fourth-order valence-corrected chi connectivity index (χ4v) is 3.00. The molecular formula is C18H17F11O2. The van der Waals surface area contributed by atoms with Crippen molar-refractivity contribution in [3.05, 3.63) is 29.8 Å². The summed E-state index contributed by atoms with van der Waals surface area (Å²) in [6.45, 7) is 3.56. The molecule has 0 aliphatic heterocycles. The van der Waals surface area contributed by atoms with E-state index in [1.165, 1.54) is 6.07 Å². The van der Waals surface area contributed by atoms with E-state index in [9.17, 15) is 53.4 Å². The first-order valence-corrected chi connectivity index (χ1v) is 8.76. The second-order valence-corrected chi connectivity index (χ2v) is 7.67. The van der Waals surface area contributed by atoms with Crippen LogP contribution in [0.4, 0.5) is 48.3 Å². The Kier molecular flexibility index (Phi) is 6.06. The van der Waals surface area contributed by atoms with Crippen LogP contribution in [0.3, 0.4) is 0 Å². The summed E-state index contributed by atoms with van der Waals surface area (Å²) in [7, 11) is 0. The zero-order valence-electron chi connectivity index (χ0n) is 15.9. The average molecular weight is 474 g/mol. The lowest BCUT2D eigenvalue weighted by molar-refractivity contribution is -0.487. The van der Waals surface area contributed by atoms with Crippen LogP contribution in [0.1, 0.15) is 31.9 Å². The van der Waals surface area contributed by atoms with Gasteiger partial charge in [0.1, 0.15) is 5.75 Å². The largest absolute Gasteiger partial charge is 0.493 e. The van der Waals surface area contributed by atoms with Gasteiger partial charge in [0.25, 0.3) is 5.67 Å². The van der Waals surface area contributed by atoms with E-state index in [4.69, 9.17) is 4.74 Å². The molecule has 178 valence electrons. The summed E-state index contributed by atoms with van der Waals surface area (Å²) in [5.74, 6) is -35.7. The molecule has 2 rings (SSSR count). The van der Waals surface area contributed by atoms with Crippen molar-refractivity contribution in [3.63, 3.8) is 0 Å². The van der Waals surface area contributed by atoms with Crippen molar-refractivity contribution in [2.45, 2.75) is 61.7 Å². The highest BCUT2D eigenvalue weighted by atomic mass is 19.4. The number of benzene rings is 1. The van der Waals surface area contributed by atoms with Gasteiger partial charge in [-0.3, -0.25) is 0 Å². The Morgan fingerprint density at radius 3 is 1.68 bits per heavy atom. The van der Waals surface area contributed by atoms with Crippen LogP contribution in [0.5, 0.6) is 5.75 Å². The van der Waals surface area contributed by atoms with Gasteiger partial charge >= 0.3 is 29.6 Å². The topological polar surface area (TPSA) is 29.5 Å². The molecule has 31 heavy (non-hydrogen) atoms. The van der Waals surface area contributed by atoms with Crippen molar-refractivity contribution >= 4 is 0 Å². The molecular weight excluding hydrogens is 457 g/mol. The minimum absolute atomic E-state index is 0.0200. The number of alkyl halides is 11. The summed E-state index contributed by atoms with van der Waals surface area (Å²) < 4.78 is 157. The number of hydrogen-bond donors (Lipinski definition) is 1. The first-order valence-electron chi connectivity index (χ1n) is 8.76. The lowest BCUT2D eigenvalue weighted by Gasteiger charge is -2.52. The molecule has 1 aromatic rings. The van der Waals surface area contributed by atoms with Crippen LogP contribution in [0.2, 0.25) is 0 Å². The molecule has 0 radical (unpaired) electrons. The van der Waals surface area contributed by atoms with Crippen LogP contribution in [-0.2, 0) is 0 Å². The number of hydrogen-bond acceptors (Lipinski definition) is 2. The standard InChI is InChI=1S/C18H17F11O2/c1-9(2)8-31-11-5-3-4-10(6-11)12(30)7-13(19)14(20,21)16(24,25)18(28,29)17(26,27)15(13,22)23/h3-6,9,12,30H,7-8H2,1-2H3. The molecule has 1 aromatic carbocycles. The average Bonchev–Trinajstić information content (AvgIpc) is 2.64. The highest BCUT2D eigenvalue weighted by Gasteiger charge is 3.00. The fourth-order valence-electron chi connectivity index (χ4n) is 3.00. The van der Waals surface area contributed by atoms with Crippen molar-refractivity contribution in [2.75, 3.05) is 6.61 Å². The lowest BCUT2D eigenvalue weighted by Crippen LogP contribution is -2.83. The minimum atomic E-state index is -7.28. The molecule has 1 aliphatic carbocycles. The van der Waals surface area contributed by atoms with Gasteiger partial charge in [-0.25, -0.2) is 4.39 Å². The van der Waals surface area contributed by atoms with Crippen LogP contribution >= 0.6 is 0 Å². The molecule has 1 unspecified atom stereocenters. The van der Waals surface area contributed by atoms with Gasteiger partial charge in [-0.15, -0.1) is 0 Å². The molecule has 1 fully saturated rings. The normalized spacial score (nSPS) is 25.8. The van der Waals surface area contributed by atoms with Gasteiger partial charge in [0, 0.05) is 6.42 Å². The van der Waals surface area contributed by atoms with Crippen molar-refractivity contribution in [1.82, 2.24) is 0 Å². The number of halogens is 11. The Hall–Kier alpha value is -1.79. The third-order valence-corrected chi connectivity index (χ3v) is 4.87. The smallest absolute Gasteiger partial charge is 0.384 e. The number of aliphatic hydroxyl groups excluding tert-OH is 1. The molecule has 13 heteroatoms. The van der Waals surface area contributed by atoms with Crippen LogP contribution in [0, 0.1) is 5.92 Å². The Balaban J connectivity index is 2.50. The fraction of sp³-hybridized carbons (Fsp3) is 0.667. The number of rotatable bonds is 6. The summed E-state index contributed by atoms with van der Waals surface area (Å²) in [4.78, 5) is 0. The van der Waals surface area contributed by atoms with Crippen molar-refractivity contribution < 1.29 is 58.1 Å².